The molecule has 0 spiro atoms. The van der Waals surface area contributed by atoms with E-state index in [-0.39, 0.29) is 11.9 Å². The molecule has 1 fully saturated rings. The first-order valence-electron chi connectivity index (χ1n) is 23.0. The Hall–Kier alpha value is -1.26. The average Bonchev–Trinajstić information content (AvgIpc) is 3.16. The van der Waals surface area contributed by atoms with Gasteiger partial charge < -0.3 is 25.4 Å². The summed E-state index contributed by atoms with van der Waals surface area (Å²) in [4.78, 5) is 32.2. The predicted octanol–water partition coefficient (Wildman–Crippen LogP) is 8.72. The summed E-state index contributed by atoms with van der Waals surface area (Å²) in [6, 6.07) is 0. The maximum Gasteiger partial charge on any atom is 0.307 e. The van der Waals surface area contributed by atoms with Crippen LogP contribution in [0.5, 0.6) is 0 Å². The number of hydrogen-bond acceptors (Lipinski definition) is 9. The van der Waals surface area contributed by atoms with E-state index in [1.54, 1.807) is 0 Å². The van der Waals surface area contributed by atoms with Crippen molar-refractivity contribution in [2.45, 2.75) is 181 Å². The van der Waals surface area contributed by atoms with Crippen molar-refractivity contribution in [2.24, 2.45) is 5.73 Å². The minimum Gasteiger partial charge on any atom is -0.466 e. The number of rotatable bonds is 40. The van der Waals surface area contributed by atoms with Crippen LogP contribution in [0.3, 0.4) is 0 Å². The van der Waals surface area contributed by atoms with Crippen LogP contribution < -0.4 is 11.1 Å². The number of nitrogens with two attached hydrogens (primary N) is 1. The fourth-order valence-corrected chi connectivity index (χ4v) is 7.24. The molecule has 1 aliphatic rings. The third-order valence-electron chi connectivity index (χ3n) is 10.9. The van der Waals surface area contributed by atoms with Crippen molar-refractivity contribution in [1.82, 2.24) is 20.0 Å². The fraction of sp³-hybridized carbons (Fsp3) is 0.955. The highest BCUT2D eigenvalue weighted by Gasteiger charge is 2.17. The Bertz CT molecular complexity index is 796. The summed E-state index contributed by atoms with van der Waals surface area (Å²) in [5.74, 6) is -0.195. The Balaban J connectivity index is 2.17. The molecule has 0 amide bonds. The quantitative estimate of drug-likeness (QED) is 0.0471. The smallest absolute Gasteiger partial charge is 0.307 e. The summed E-state index contributed by atoms with van der Waals surface area (Å²) in [6.07, 6.45) is 32.1. The van der Waals surface area contributed by atoms with E-state index in [0.29, 0.717) is 45.7 Å². The van der Waals surface area contributed by atoms with E-state index in [2.05, 4.69) is 33.9 Å². The second-order valence-corrected chi connectivity index (χ2v) is 15.8. The van der Waals surface area contributed by atoms with Gasteiger partial charge >= 0.3 is 11.9 Å². The van der Waals surface area contributed by atoms with Gasteiger partial charge in [0.15, 0.2) is 0 Å². The fourth-order valence-electron chi connectivity index (χ4n) is 7.24. The van der Waals surface area contributed by atoms with E-state index in [0.717, 1.165) is 84.6 Å². The Kier molecular flexibility index (Phi) is 36.6. The number of carbonyl (C=O) groups excluding carboxylic acids is 2. The molecule has 9 nitrogen and oxygen atoms in total. The molecule has 0 atom stereocenters. The number of carbonyl (C=O) groups is 2. The van der Waals surface area contributed by atoms with E-state index in [4.69, 9.17) is 15.2 Å². The molecule has 314 valence electrons. The molecular formula is C44H89N5O4. The summed E-state index contributed by atoms with van der Waals surface area (Å²) in [5, 5.41) is 3.43. The van der Waals surface area contributed by atoms with Gasteiger partial charge in [-0.25, -0.2) is 0 Å². The van der Waals surface area contributed by atoms with Crippen LogP contribution in [-0.2, 0) is 19.1 Å². The first-order chi connectivity index (χ1) is 26.1. The van der Waals surface area contributed by atoms with Crippen molar-refractivity contribution in [1.29, 1.82) is 0 Å². The van der Waals surface area contributed by atoms with Crippen molar-refractivity contribution in [2.75, 3.05) is 91.8 Å². The lowest BCUT2D eigenvalue weighted by atomic mass is 10.1. The second-order valence-electron chi connectivity index (χ2n) is 15.8. The molecule has 0 saturated carbocycles. The molecule has 3 N–H and O–H groups in total. The molecule has 9 heteroatoms. The van der Waals surface area contributed by atoms with Crippen molar-refractivity contribution >= 4 is 11.9 Å². The predicted molar refractivity (Wildman–Crippen MR) is 225 cm³/mol. The van der Waals surface area contributed by atoms with Gasteiger partial charge in [-0.2, -0.15) is 0 Å². The zero-order valence-electron chi connectivity index (χ0n) is 35.3. The van der Waals surface area contributed by atoms with Crippen molar-refractivity contribution < 1.29 is 19.1 Å². The summed E-state index contributed by atoms with van der Waals surface area (Å²) in [7, 11) is 0. The third-order valence-corrected chi connectivity index (χ3v) is 10.9. The topological polar surface area (TPSA) is 100 Å². The highest BCUT2D eigenvalue weighted by Crippen LogP contribution is 2.13. The normalized spacial score (nSPS) is 14.0. The molecule has 1 aliphatic heterocycles. The molecule has 0 unspecified atom stereocenters. The highest BCUT2D eigenvalue weighted by molar-refractivity contribution is 5.69. The van der Waals surface area contributed by atoms with E-state index in [9.17, 15) is 9.59 Å². The maximum absolute atomic E-state index is 12.6. The molecule has 53 heavy (non-hydrogen) atoms. The van der Waals surface area contributed by atoms with E-state index in [1.807, 2.05) is 0 Å². The highest BCUT2D eigenvalue weighted by atomic mass is 16.5. The van der Waals surface area contributed by atoms with Gasteiger partial charge in [0, 0.05) is 78.5 Å². The van der Waals surface area contributed by atoms with Crippen LogP contribution in [0.4, 0.5) is 0 Å². The molecule has 0 aromatic carbocycles. The Morgan fingerprint density at radius 1 is 0.509 bits per heavy atom. The van der Waals surface area contributed by atoms with E-state index in [1.165, 1.54) is 128 Å². The van der Waals surface area contributed by atoms with E-state index >= 15 is 0 Å². The molecule has 0 radical (unpaired) electrons. The van der Waals surface area contributed by atoms with Gasteiger partial charge in [0.1, 0.15) is 0 Å². The molecule has 0 aromatic rings. The lowest BCUT2D eigenvalue weighted by Gasteiger charge is -2.35. The summed E-state index contributed by atoms with van der Waals surface area (Å²) in [6.45, 7) is 16.4. The molecule has 1 rings (SSSR count). The summed E-state index contributed by atoms with van der Waals surface area (Å²) < 4.78 is 11.1. The SMILES string of the molecule is CCCCCCCCCCCCCCOC(=O)CCNCCN(CCC(=O)OCCCCCCCCCCCCCC)CCN1CCN(CCN)CC1. The van der Waals surface area contributed by atoms with Crippen LogP contribution in [0.1, 0.15) is 181 Å². The van der Waals surface area contributed by atoms with Crippen molar-refractivity contribution in [3.8, 4) is 0 Å². The molecule has 0 aromatic heterocycles. The number of unbranched alkanes of at least 4 members (excludes halogenated alkanes) is 22. The minimum absolute atomic E-state index is 0.0858. The van der Waals surface area contributed by atoms with Gasteiger partial charge in [0.2, 0.25) is 0 Å². The van der Waals surface area contributed by atoms with Gasteiger partial charge in [-0.05, 0) is 12.8 Å². The van der Waals surface area contributed by atoms with Crippen LogP contribution in [-0.4, -0.2) is 118 Å². The Morgan fingerprint density at radius 3 is 1.34 bits per heavy atom. The second kappa shape index (κ2) is 39.0. The standard InChI is InChI=1S/C44H89N5O4/c1-3-5-7-9-11-13-15-17-19-21-23-25-41-52-43(50)27-30-46-31-34-47(35-38-49-39-36-48(33-29-45)37-40-49)32-28-44(51)53-42-26-24-22-20-18-16-14-12-10-8-6-4-2/h46H,3-42,45H2,1-2H3. The average molecular weight is 752 g/mol. The van der Waals surface area contributed by atoms with Crippen LogP contribution in [0.25, 0.3) is 0 Å². The summed E-state index contributed by atoms with van der Waals surface area (Å²) in [5.41, 5.74) is 5.75. The van der Waals surface area contributed by atoms with E-state index < -0.39 is 0 Å². The van der Waals surface area contributed by atoms with Crippen molar-refractivity contribution in [3.05, 3.63) is 0 Å². The Labute approximate surface area is 328 Å². The maximum atomic E-state index is 12.6. The van der Waals surface area contributed by atoms with Gasteiger partial charge in [-0.15, -0.1) is 0 Å². The molecule has 0 bridgehead atoms. The number of ether oxygens (including phenoxy) is 2. The molecule has 1 saturated heterocycles. The summed E-state index contributed by atoms with van der Waals surface area (Å²) >= 11 is 0. The largest absolute Gasteiger partial charge is 0.466 e. The number of nitrogens with zero attached hydrogens (tertiary/aromatic N) is 3. The van der Waals surface area contributed by atoms with Gasteiger partial charge in [0.05, 0.1) is 26.1 Å². The third kappa shape index (κ3) is 33.8. The van der Waals surface area contributed by atoms with Crippen LogP contribution in [0, 0.1) is 0 Å². The lowest BCUT2D eigenvalue weighted by molar-refractivity contribution is -0.145. The van der Waals surface area contributed by atoms with Crippen LogP contribution in [0.15, 0.2) is 0 Å². The zero-order valence-corrected chi connectivity index (χ0v) is 35.3. The van der Waals surface area contributed by atoms with Gasteiger partial charge in [0.25, 0.3) is 0 Å². The van der Waals surface area contributed by atoms with Crippen LogP contribution in [0.2, 0.25) is 0 Å². The lowest BCUT2D eigenvalue weighted by Crippen LogP contribution is -2.49. The van der Waals surface area contributed by atoms with Crippen LogP contribution >= 0.6 is 0 Å². The molecular weight excluding hydrogens is 663 g/mol. The molecule has 0 aliphatic carbocycles. The molecule has 1 heterocycles. The Morgan fingerprint density at radius 2 is 0.906 bits per heavy atom. The number of hydrogen-bond donors (Lipinski definition) is 2. The first-order valence-corrected chi connectivity index (χ1v) is 23.0. The minimum atomic E-state index is -0.109. The van der Waals surface area contributed by atoms with Crippen molar-refractivity contribution in [3.63, 3.8) is 0 Å². The van der Waals surface area contributed by atoms with Gasteiger partial charge in [-0.1, -0.05) is 155 Å². The monoisotopic (exact) mass is 752 g/mol. The zero-order chi connectivity index (χ0) is 38.3. The van der Waals surface area contributed by atoms with Gasteiger partial charge in [-0.3, -0.25) is 19.4 Å². The number of esters is 2. The number of nitrogens with one attached hydrogen (secondary N) is 1. The number of piperazine rings is 1. The first kappa shape index (κ1) is 49.8.